The first-order valence-corrected chi connectivity index (χ1v) is 14.3. The monoisotopic (exact) mass is 651 g/mol. The normalized spacial score (nSPS) is 11.2. The number of halogens is 3. The van der Waals surface area contributed by atoms with E-state index in [9.17, 15) is 22.5 Å². The van der Waals surface area contributed by atoms with E-state index < -0.39 is 26.6 Å². The lowest BCUT2D eigenvalue weighted by atomic mass is 9.95. The van der Waals surface area contributed by atoms with Gasteiger partial charge in [0, 0.05) is 38.8 Å². The molecule has 0 fully saturated rings. The Bertz CT molecular complexity index is 2030. The number of hydrogen-bond acceptors (Lipinski definition) is 8. The Balaban J connectivity index is 1.64. The van der Waals surface area contributed by atoms with Crippen LogP contribution < -0.4 is 19.9 Å². The molecule has 0 bridgehead atoms. The molecular weight excluding hydrogens is 632 g/mol. The van der Waals surface area contributed by atoms with E-state index in [1.807, 2.05) is 0 Å². The summed E-state index contributed by atoms with van der Waals surface area (Å²) in [6.07, 6.45) is 1.45. The SMILES string of the molecule is COc1cc(Br)ccc1-c1c(N)nc2ccc(-c3cnc(OC)c(NS(=O)(=O)c4ccc(F)cc4F)c3)cc2c1C#N. The molecule has 0 atom stereocenters. The van der Waals surface area contributed by atoms with E-state index in [0.717, 1.165) is 16.6 Å². The fourth-order valence-corrected chi connectivity index (χ4v) is 5.91. The molecule has 3 aromatic carbocycles. The van der Waals surface area contributed by atoms with Crippen LogP contribution in [0.1, 0.15) is 5.56 Å². The quantitative estimate of drug-likeness (QED) is 0.210. The molecular formula is C29H20BrF2N5O4S. The zero-order valence-corrected chi connectivity index (χ0v) is 24.3. The van der Waals surface area contributed by atoms with Gasteiger partial charge in [-0.2, -0.15) is 5.26 Å². The van der Waals surface area contributed by atoms with Gasteiger partial charge in [-0.05, 0) is 54.1 Å². The second kappa shape index (κ2) is 11.2. The van der Waals surface area contributed by atoms with Gasteiger partial charge in [0.15, 0.2) is 0 Å². The maximum Gasteiger partial charge on any atom is 0.264 e. The number of pyridine rings is 2. The molecule has 0 aliphatic heterocycles. The van der Waals surface area contributed by atoms with E-state index in [4.69, 9.17) is 15.2 Å². The van der Waals surface area contributed by atoms with Crippen molar-refractivity contribution in [2.45, 2.75) is 4.90 Å². The summed E-state index contributed by atoms with van der Waals surface area (Å²) in [5, 5.41) is 10.7. The Kier molecular flexibility index (Phi) is 7.68. The summed E-state index contributed by atoms with van der Waals surface area (Å²) in [5.41, 5.74) is 8.92. The highest BCUT2D eigenvalue weighted by molar-refractivity contribution is 9.10. The van der Waals surface area contributed by atoms with Gasteiger partial charge in [-0.3, -0.25) is 4.72 Å². The van der Waals surface area contributed by atoms with Crippen LogP contribution in [-0.4, -0.2) is 32.6 Å². The molecule has 0 spiro atoms. The van der Waals surface area contributed by atoms with Crippen molar-refractivity contribution in [1.82, 2.24) is 9.97 Å². The number of rotatable bonds is 7. The number of sulfonamides is 1. The lowest BCUT2D eigenvalue weighted by molar-refractivity contribution is 0.400. The van der Waals surface area contributed by atoms with Crippen molar-refractivity contribution in [3.05, 3.63) is 88.5 Å². The van der Waals surface area contributed by atoms with Gasteiger partial charge in [0.1, 0.15) is 39.9 Å². The van der Waals surface area contributed by atoms with Gasteiger partial charge in [-0.25, -0.2) is 27.2 Å². The first kappa shape index (κ1) is 28.7. The number of nitrogens with one attached hydrogen (secondary N) is 1. The van der Waals surface area contributed by atoms with Crippen LogP contribution in [0, 0.1) is 23.0 Å². The molecule has 0 radical (unpaired) electrons. The molecule has 9 nitrogen and oxygen atoms in total. The van der Waals surface area contributed by atoms with E-state index >= 15 is 0 Å². The van der Waals surface area contributed by atoms with Crippen molar-refractivity contribution in [3.63, 3.8) is 0 Å². The van der Waals surface area contributed by atoms with Crippen molar-refractivity contribution in [3.8, 4) is 40.0 Å². The van der Waals surface area contributed by atoms with Crippen molar-refractivity contribution in [2.24, 2.45) is 0 Å². The van der Waals surface area contributed by atoms with Crippen molar-refractivity contribution in [2.75, 3.05) is 24.7 Å². The van der Waals surface area contributed by atoms with Gasteiger partial charge >= 0.3 is 0 Å². The van der Waals surface area contributed by atoms with E-state index in [0.29, 0.717) is 45.0 Å². The van der Waals surface area contributed by atoms with E-state index in [1.54, 1.807) is 36.4 Å². The highest BCUT2D eigenvalue weighted by Gasteiger charge is 2.23. The number of benzene rings is 3. The summed E-state index contributed by atoms with van der Waals surface area (Å²) in [6.45, 7) is 0. The van der Waals surface area contributed by atoms with Crippen LogP contribution in [0.15, 0.2) is 76.2 Å². The van der Waals surface area contributed by atoms with Crippen molar-refractivity contribution >= 4 is 48.4 Å². The van der Waals surface area contributed by atoms with E-state index in [1.165, 1.54) is 26.5 Å². The van der Waals surface area contributed by atoms with Gasteiger partial charge in [-0.15, -0.1) is 0 Å². The average molecular weight is 652 g/mol. The number of hydrogen-bond donors (Lipinski definition) is 2. The molecule has 2 heterocycles. The molecule has 42 heavy (non-hydrogen) atoms. The summed E-state index contributed by atoms with van der Waals surface area (Å²) in [7, 11) is -1.68. The lowest BCUT2D eigenvalue weighted by Gasteiger charge is -2.15. The minimum absolute atomic E-state index is 0.0811. The Hall–Kier alpha value is -4.80. The largest absolute Gasteiger partial charge is 0.496 e. The third kappa shape index (κ3) is 5.29. The fourth-order valence-electron chi connectivity index (χ4n) is 4.46. The molecule has 0 saturated heterocycles. The third-order valence-electron chi connectivity index (χ3n) is 6.36. The van der Waals surface area contributed by atoms with Gasteiger partial charge in [0.2, 0.25) is 5.88 Å². The number of aromatic nitrogens is 2. The third-order valence-corrected chi connectivity index (χ3v) is 8.26. The van der Waals surface area contributed by atoms with Crippen molar-refractivity contribution in [1.29, 1.82) is 5.26 Å². The van der Waals surface area contributed by atoms with Crippen LogP contribution in [0.2, 0.25) is 0 Å². The smallest absolute Gasteiger partial charge is 0.264 e. The summed E-state index contributed by atoms with van der Waals surface area (Å²) in [4.78, 5) is 7.95. The number of nitrogens with two attached hydrogens (primary N) is 1. The Morgan fingerprint density at radius 3 is 2.48 bits per heavy atom. The Labute approximate surface area is 247 Å². The number of anilines is 2. The van der Waals surface area contributed by atoms with Crippen LogP contribution in [0.5, 0.6) is 11.6 Å². The average Bonchev–Trinajstić information content (AvgIpc) is 2.96. The second-order valence-electron chi connectivity index (χ2n) is 8.90. The standard InChI is InChI=1S/C29H20BrF2N5O4S/c1-40-25-11-17(30)4-6-19(25)27-21(13-33)20-9-15(3-7-23(20)36-28(27)34)16-10-24(29(41-2)35-14-16)37-42(38,39)26-8-5-18(31)12-22(26)32/h3-12,14,37H,1-2H3,(H2,34,36). The van der Waals surface area contributed by atoms with Crippen LogP contribution >= 0.6 is 15.9 Å². The maximum absolute atomic E-state index is 14.3. The minimum atomic E-state index is -4.48. The number of ether oxygens (including phenoxy) is 2. The molecule has 0 aliphatic rings. The summed E-state index contributed by atoms with van der Waals surface area (Å²) >= 11 is 3.41. The van der Waals surface area contributed by atoms with Crippen molar-refractivity contribution < 1.29 is 26.7 Å². The molecule has 0 unspecified atom stereocenters. The summed E-state index contributed by atoms with van der Waals surface area (Å²) < 4.78 is 67.3. The summed E-state index contributed by atoms with van der Waals surface area (Å²) in [6, 6.07) is 16.2. The number of nitrogens with zero attached hydrogens (tertiary/aromatic N) is 3. The minimum Gasteiger partial charge on any atom is -0.496 e. The second-order valence-corrected chi connectivity index (χ2v) is 11.5. The molecule has 5 rings (SSSR count). The fraction of sp³-hybridized carbons (Fsp3) is 0.0690. The number of nitriles is 1. The molecule has 0 saturated carbocycles. The number of methoxy groups -OCH3 is 2. The molecule has 0 aliphatic carbocycles. The molecule has 5 aromatic rings. The highest BCUT2D eigenvalue weighted by Crippen LogP contribution is 2.41. The van der Waals surface area contributed by atoms with E-state index in [2.05, 4.69) is 36.7 Å². The van der Waals surface area contributed by atoms with Gasteiger partial charge < -0.3 is 15.2 Å². The first-order valence-electron chi connectivity index (χ1n) is 12.1. The predicted molar refractivity (Wildman–Crippen MR) is 158 cm³/mol. The van der Waals surface area contributed by atoms with Crippen LogP contribution in [0.25, 0.3) is 33.2 Å². The van der Waals surface area contributed by atoms with Gasteiger partial charge in [0.25, 0.3) is 10.0 Å². The van der Waals surface area contributed by atoms with Crippen LogP contribution in [0.4, 0.5) is 20.3 Å². The van der Waals surface area contributed by atoms with E-state index in [-0.39, 0.29) is 22.9 Å². The zero-order valence-electron chi connectivity index (χ0n) is 21.9. The number of fused-ring (bicyclic) bond motifs is 1. The Morgan fingerprint density at radius 2 is 1.79 bits per heavy atom. The Morgan fingerprint density at radius 1 is 1.00 bits per heavy atom. The topological polar surface area (TPSA) is 140 Å². The molecule has 0 amide bonds. The number of nitrogen functional groups attached to an aromatic ring is 1. The van der Waals surface area contributed by atoms with Gasteiger partial charge in [-0.1, -0.05) is 22.0 Å². The maximum atomic E-state index is 14.3. The van der Waals surface area contributed by atoms with Crippen LogP contribution in [0.3, 0.4) is 0 Å². The molecule has 13 heteroatoms. The molecule has 212 valence electrons. The van der Waals surface area contributed by atoms with Crippen LogP contribution in [-0.2, 0) is 10.0 Å². The highest BCUT2D eigenvalue weighted by atomic mass is 79.9. The first-order chi connectivity index (χ1) is 20.1. The zero-order chi connectivity index (χ0) is 30.2. The molecule has 3 N–H and O–H groups in total. The van der Waals surface area contributed by atoms with Gasteiger partial charge in [0.05, 0.1) is 25.3 Å². The molecule has 2 aromatic heterocycles. The lowest BCUT2D eigenvalue weighted by Crippen LogP contribution is -2.15. The summed E-state index contributed by atoms with van der Waals surface area (Å²) in [5.74, 6) is -1.63. The predicted octanol–water partition coefficient (Wildman–Crippen LogP) is 6.28.